The Morgan fingerprint density at radius 3 is 1.80 bits per heavy atom. The molecule has 20 heavy (non-hydrogen) atoms. The van der Waals surface area contributed by atoms with Crippen LogP contribution in [0.25, 0.3) is 0 Å². The molecule has 0 N–H and O–H groups in total. The maximum atomic E-state index is 11.5. The molecule has 0 aromatic heterocycles. The Kier molecular flexibility index (Phi) is 16.9. The fourth-order valence-corrected chi connectivity index (χ4v) is 0.883. The lowest BCUT2D eigenvalue weighted by molar-refractivity contribution is 0.0292. The lowest BCUT2D eigenvalue weighted by Crippen LogP contribution is -2.35. The minimum Gasteiger partial charge on any atom is -0.444 e. The van der Waals surface area contributed by atoms with Crippen molar-refractivity contribution in [2.24, 2.45) is 5.92 Å². The van der Waals surface area contributed by atoms with Crippen molar-refractivity contribution in [1.82, 2.24) is 4.90 Å². The van der Waals surface area contributed by atoms with Crippen LogP contribution in [-0.4, -0.2) is 30.2 Å². The Hall–Kier alpha value is -1.25. The van der Waals surface area contributed by atoms with Crippen molar-refractivity contribution in [2.75, 3.05) is 13.6 Å². The number of hydrogen-bond acceptors (Lipinski definition) is 2. The maximum absolute atomic E-state index is 11.5. The van der Waals surface area contributed by atoms with Gasteiger partial charge in [-0.15, -0.1) is 13.2 Å². The van der Waals surface area contributed by atoms with Gasteiger partial charge in [-0.3, -0.25) is 0 Å². The molecule has 0 atom stereocenters. The van der Waals surface area contributed by atoms with E-state index in [4.69, 9.17) is 4.74 Å². The quantitative estimate of drug-likeness (QED) is 0.660. The Morgan fingerprint density at radius 1 is 1.20 bits per heavy atom. The lowest BCUT2D eigenvalue weighted by atomic mass is 10.1. The van der Waals surface area contributed by atoms with E-state index in [1.165, 1.54) is 0 Å². The molecule has 0 aromatic rings. The van der Waals surface area contributed by atoms with Gasteiger partial charge in [0.2, 0.25) is 0 Å². The molecule has 1 amide bonds. The first-order valence-electron chi connectivity index (χ1n) is 7.13. The van der Waals surface area contributed by atoms with E-state index < -0.39 is 5.60 Å². The van der Waals surface area contributed by atoms with E-state index in [1.807, 2.05) is 34.6 Å². The second-order valence-corrected chi connectivity index (χ2v) is 5.90. The summed E-state index contributed by atoms with van der Waals surface area (Å²) in [4.78, 5) is 13.1. The SMILES string of the molecule is C=CC.C=CC.CC(C)CCN(C)C(=O)OC(C)(C)C. The molecular weight excluding hydrogens is 250 g/mol. The standard InChI is InChI=1S/C11H23NO2.2C3H6/c1-9(2)7-8-12(6)10(13)14-11(3,4)5;2*1-3-2/h9H,7-8H2,1-6H3;2*3H,1H2,2H3. The molecule has 0 saturated carbocycles. The zero-order valence-corrected chi connectivity index (χ0v) is 14.8. The van der Waals surface area contributed by atoms with Gasteiger partial charge in [0.1, 0.15) is 5.60 Å². The van der Waals surface area contributed by atoms with Gasteiger partial charge < -0.3 is 9.64 Å². The van der Waals surface area contributed by atoms with Crippen LogP contribution in [0.1, 0.15) is 54.9 Å². The molecule has 120 valence electrons. The summed E-state index contributed by atoms with van der Waals surface area (Å²) in [6, 6.07) is 0. The third-order valence-electron chi connectivity index (χ3n) is 1.75. The number of carbonyl (C=O) groups is 1. The Labute approximate surface area is 126 Å². The first kappa shape index (κ1) is 23.8. The van der Waals surface area contributed by atoms with Crippen molar-refractivity contribution in [2.45, 2.75) is 60.5 Å². The largest absolute Gasteiger partial charge is 0.444 e. The summed E-state index contributed by atoms with van der Waals surface area (Å²) in [7, 11) is 1.77. The van der Waals surface area contributed by atoms with Gasteiger partial charge in [0.25, 0.3) is 0 Å². The highest BCUT2D eigenvalue weighted by Gasteiger charge is 2.19. The molecule has 0 aliphatic heterocycles. The van der Waals surface area contributed by atoms with Crippen molar-refractivity contribution >= 4 is 6.09 Å². The molecule has 0 heterocycles. The number of amides is 1. The number of ether oxygens (including phenoxy) is 1. The van der Waals surface area contributed by atoms with Gasteiger partial charge in [-0.2, -0.15) is 0 Å². The number of allylic oxidation sites excluding steroid dienone is 2. The van der Waals surface area contributed by atoms with E-state index in [0.29, 0.717) is 5.92 Å². The molecule has 3 nitrogen and oxygen atoms in total. The van der Waals surface area contributed by atoms with E-state index >= 15 is 0 Å². The number of carbonyl (C=O) groups excluding carboxylic acids is 1. The second-order valence-electron chi connectivity index (χ2n) is 5.90. The molecule has 0 fully saturated rings. The monoisotopic (exact) mass is 285 g/mol. The van der Waals surface area contributed by atoms with Gasteiger partial charge in [0.05, 0.1) is 0 Å². The molecule has 0 aromatic carbocycles. The van der Waals surface area contributed by atoms with E-state index in [2.05, 4.69) is 27.0 Å². The molecule has 0 spiro atoms. The summed E-state index contributed by atoms with van der Waals surface area (Å²) in [5.74, 6) is 0.611. The molecular formula is C17H35NO2. The van der Waals surface area contributed by atoms with Crippen molar-refractivity contribution in [3.05, 3.63) is 25.3 Å². The highest BCUT2D eigenvalue weighted by Crippen LogP contribution is 2.10. The van der Waals surface area contributed by atoms with Gasteiger partial charge in [-0.05, 0) is 47.0 Å². The van der Waals surface area contributed by atoms with Crippen LogP contribution in [0.2, 0.25) is 0 Å². The zero-order chi connectivity index (χ0) is 16.8. The minimum absolute atomic E-state index is 0.238. The van der Waals surface area contributed by atoms with Gasteiger partial charge in [-0.25, -0.2) is 4.79 Å². The predicted molar refractivity (Wildman–Crippen MR) is 90.1 cm³/mol. The van der Waals surface area contributed by atoms with E-state index in [1.54, 1.807) is 24.1 Å². The van der Waals surface area contributed by atoms with Crippen LogP contribution in [-0.2, 0) is 4.74 Å². The highest BCUT2D eigenvalue weighted by atomic mass is 16.6. The third-order valence-corrected chi connectivity index (χ3v) is 1.75. The maximum Gasteiger partial charge on any atom is 0.410 e. The van der Waals surface area contributed by atoms with Crippen LogP contribution in [0.4, 0.5) is 4.79 Å². The molecule has 0 bridgehead atoms. The summed E-state index contributed by atoms with van der Waals surface area (Å²) in [5, 5.41) is 0. The van der Waals surface area contributed by atoms with Gasteiger partial charge in [0.15, 0.2) is 0 Å². The van der Waals surface area contributed by atoms with Gasteiger partial charge >= 0.3 is 6.09 Å². The van der Waals surface area contributed by atoms with Crippen LogP contribution < -0.4 is 0 Å². The number of hydrogen-bond donors (Lipinski definition) is 0. The van der Waals surface area contributed by atoms with E-state index in [-0.39, 0.29) is 6.09 Å². The predicted octanol–water partition coefficient (Wildman–Crippen LogP) is 5.28. The summed E-state index contributed by atoms with van der Waals surface area (Å²) in [6.07, 6.45) is 4.27. The minimum atomic E-state index is -0.400. The average Bonchev–Trinajstić information content (AvgIpc) is 2.25. The van der Waals surface area contributed by atoms with Crippen LogP contribution in [0, 0.1) is 5.92 Å². The topological polar surface area (TPSA) is 29.5 Å². The average molecular weight is 285 g/mol. The van der Waals surface area contributed by atoms with Crippen LogP contribution in [0.5, 0.6) is 0 Å². The smallest absolute Gasteiger partial charge is 0.410 e. The second kappa shape index (κ2) is 14.2. The van der Waals surface area contributed by atoms with Crippen LogP contribution in [0.15, 0.2) is 25.3 Å². The Morgan fingerprint density at radius 2 is 1.55 bits per heavy atom. The number of nitrogens with zero attached hydrogens (tertiary/aromatic N) is 1. The fraction of sp³-hybridized carbons (Fsp3) is 0.706. The number of rotatable bonds is 3. The molecule has 3 heteroatoms. The highest BCUT2D eigenvalue weighted by molar-refractivity contribution is 5.67. The molecule has 0 radical (unpaired) electrons. The summed E-state index contributed by atoms with van der Waals surface area (Å²) >= 11 is 0. The molecule has 0 unspecified atom stereocenters. The molecule has 0 aliphatic rings. The first-order chi connectivity index (χ1) is 9.05. The molecule has 0 rings (SSSR count). The van der Waals surface area contributed by atoms with Crippen molar-refractivity contribution in [1.29, 1.82) is 0 Å². The molecule has 0 aliphatic carbocycles. The molecule has 0 saturated heterocycles. The van der Waals surface area contributed by atoms with Crippen molar-refractivity contribution in [3.63, 3.8) is 0 Å². The third kappa shape index (κ3) is 25.6. The zero-order valence-electron chi connectivity index (χ0n) is 14.8. The van der Waals surface area contributed by atoms with Gasteiger partial charge in [0, 0.05) is 13.6 Å². The van der Waals surface area contributed by atoms with E-state index in [9.17, 15) is 4.79 Å². The van der Waals surface area contributed by atoms with Crippen LogP contribution >= 0.6 is 0 Å². The summed E-state index contributed by atoms with van der Waals surface area (Å²) in [5.41, 5.74) is -0.400. The van der Waals surface area contributed by atoms with Crippen LogP contribution in [0.3, 0.4) is 0 Å². The summed E-state index contributed by atoms with van der Waals surface area (Å²) < 4.78 is 5.22. The lowest BCUT2D eigenvalue weighted by Gasteiger charge is -2.25. The Balaban J connectivity index is -0.000000408. The van der Waals surface area contributed by atoms with Crippen molar-refractivity contribution in [3.8, 4) is 0 Å². The normalized spacial score (nSPS) is 9.45. The first-order valence-corrected chi connectivity index (χ1v) is 7.13. The van der Waals surface area contributed by atoms with E-state index in [0.717, 1.165) is 13.0 Å². The van der Waals surface area contributed by atoms with Crippen molar-refractivity contribution < 1.29 is 9.53 Å². The fourth-order valence-electron chi connectivity index (χ4n) is 0.883. The Bertz CT molecular complexity index is 246. The summed E-state index contributed by atoms with van der Waals surface area (Å²) in [6.45, 7) is 21.2. The van der Waals surface area contributed by atoms with Gasteiger partial charge in [-0.1, -0.05) is 26.0 Å².